The maximum atomic E-state index is 13.1. The van der Waals surface area contributed by atoms with Gasteiger partial charge in [0, 0.05) is 32.7 Å². The van der Waals surface area contributed by atoms with Gasteiger partial charge < -0.3 is 10.6 Å². The molecule has 28 heavy (non-hydrogen) atoms. The fourth-order valence-corrected chi connectivity index (χ4v) is 4.74. The molecule has 1 aliphatic rings. The minimum Gasteiger partial charge on any atom is -0.345 e. The van der Waals surface area contributed by atoms with Crippen LogP contribution in [0, 0.1) is 17.7 Å². The average Bonchev–Trinajstić information content (AvgIpc) is 2.65. The highest BCUT2D eigenvalue weighted by Crippen LogP contribution is 2.25. The highest BCUT2D eigenvalue weighted by Gasteiger charge is 2.34. The molecule has 1 fully saturated rings. The van der Waals surface area contributed by atoms with Crippen molar-refractivity contribution in [3.05, 3.63) is 30.1 Å². The fourth-order valence-electron chi connectivity index (χ4n) is 3.22. The molecule has 160 valence electrons. The number of hydrogen-bond donors (Lipinski definition) is 1. The molecule has 0 radical (unpaired) electrons. The minimum atomic E-state index is -3.73. The Morgan fingerprint density at radius 1 is 1.32 bits per heavy atom. The molecular formula is C19H31ClFN3O3S. The number of benzene rings is 1. The summed E-state index contributed by atoms with van der Waals surface area (Å²) in [5.74, 6) is -0.555. The molecule has 2 rings (SSSR count). The smallest absolute Gasteiger partial charge is 0.243 e. The van der Waals surface area contributed by atoms with Crippen molar-refractivity contribution < 1.29 is 17.6 Å². The molecule has 0 aliphatic carbocycles. The van der Waals surface area contributed by atoms with Gasteiger partial charge in [0.05, 0.1) is 10.8 Å². The highest BCUT2D eigenvalue weighted by molar-refractivity contribution is 7.89. The van der Waals surface area contributed by atoms with Crippen LogP contribution < -0.4 is 5.73 Å². The maximum Gasteiger partial charge on any atom is 0.243 e. The Kier molecular flexibility index (Phi) is 9.33. The number of hydrogen-bond acceptors (Lipinski definition) is 4. The van der Waals surface area contributed by atoms with Crippen LogP contribution in [0.25, 0.3) is 0 Å². The molecule has 2 atom stereocenters. The van der Waals surface area contributed by atoms with Gasteiger partial charge in [0.2, 0.25) is 15.9 Å². The third-order valence-corrected chi connectivity index (χ3v) is 7.09. The largest absolute Gasteiger partial charge is 0.345 e. The molecule has 0 saturated carbocycles. The van der Waals surface area contributed by atoms with Gasteiger partial charge >= 0.3 is 0 Å². The van der Waals surface area contributed by atoms with Gasteiger partial charge in [-0.3, -0.25) is 4.79 Å². The normalized spacial score (nSPS) is 19.1. The van der Waals surface area contributed by atoms with Crippen LogP contribution in [-0.4, -0.2) is 56.3 Å². The molecule has 0 spiro atoms. The molecule has 1 heterocycles. The molecule has 0 aromatic heterocycles. The second-order valence-corrected chi connectivity index (χ2v) is 9.55. The van der Waals surface area contributed by atoms with Crippen LogP contribution in [0.3, 0.4) is 0 Å². The molecule has 9 heteroatoms. The third-order valence-electron chi connectivity index (χ3n) is 5.22. The third kappa shape index (κ3) is 6.14. The Bertz CT molecular complexity index is 743. The van der Waals surface area contributed by atoms with Crippen LogP contribution in [0.5, 0.6) is 0 Å². The number of carbonyl (C=O) groups excluding carboxylic acids is 1. The van der Waals surface area contributed by atoms with Crippen molar-refractivity contribution in [1.82, 2.24) is 9.21 Å². The zero-order valence-electron chi connectivity index (χ0n) is 16.7. The van der Waals surface area contributed by atoms with Gasteiger partial charge in [-0.25, -0.2) is 12.8 Å². The number of piperidine rings is 1. The van der Waals surface area contributed by atoms with Crippen molar-refractivity contribution in [2.24, 2.45) is 17.6 Å². The fraction of sp³-hybridized carbons (Fsp3) is 0.632. The van der Waals surface area contributed by atoms with Crippen LogP contribution in [0.4, 0.5) is 4.39 Å². The summed E-state index contributed by atoms with van der Waals surface area (Å²) >= 11 is 0. The van der Waals surface area contributed by atoms with Crippen LogP contribution in [0.1, 0.15) is 33.1 Å². The van der Waals surface area contributed by atoms with Gasteiger partial charge in [-0.1, -0.05) is 13.8 Å². The predicted octanol–water partition coefficient (Wildman–Crippen LogP) is 2.48. The van der Waals surface area contributed by atoms with Crippen LogP contribution in [0.15, 0.2) is 29.2 Å². The summed E-state index contributed by atoms with van der Waals surface area (Å²) < 4.78 is 40.0. The Morgan fingerprint density at radius 2 is 1.93 bits per heavy atom. The van der Waals surface area contributed by atoms with E-state index in [1.165, 1.54) is 16.4 Å². The van der Waals surface area contributed by atoms with Gasteiger partial charge in [-0.2, -0.15) is 4.31 Å². The molecule has 1 aliphatic heterocycles. The number of nitrogens with zero attached hydrogens (tertiary/aromatic N) is 2. The van der Waals surface area contributed by atoms with Gasteiger partial charge in [0.1, 0.15) is 5.82 Å². The first kappa shape index (κ1) is 24.8. The van der Waals surface area contributed by atoms with E-state index >= 15 is 0 Å². The minimum absolute atomic E-state index is 0. The highest BCUT2D eigenvalue weighted by atomic mass is 35.5. The van der Waals surface area contributed by atoms with E-state index in [4.69, 9.17) is 5.73 Å². The summed E-state index contributed by atoms with van der Waals surface area (Å²) in [5, 5.41) is 0. The molecule has 1 aromatic rings. The van der Waals surface area contributed by atoms with E-state index in [1.54, 1.807) is 11.9 Å². The van der Waals surface area contributed by atoms with Crippen molar-refractivity contribution in [3.63, 3.8) is 0 Å². The zero-order valence-corrected chi connectivity index (χ0v) is 18.3. The van der Waals surface area contributed by atoms with E-state index < -0.39 is 15.8 Å². The summed E-state index contributed by atoms with van der Waals surface area (Å²) in [6, 6.07) is 4.81. The lowest BCUT2D eigenvalue weighted by Crippen LogP contribution is -2.46. The van der Waals surface area contributed by atoms with Gasteiger partial charge in [0.15, 0.2) is 0 Å². The van der Waals surface area contributed by atoms with Gasteiger partial charge in [-0.15, -0.1) is 12.4 Å². The van der Waals surface area contributed by atoms with E-state index in [9.17, 15) is 17.6 Å². The summed E-state index contributed by atoms with van der Waals surface area (Å²) in [7, 11) is -1.99. The van der Waals surface area contributed by atoms with E-state index in [-0.39, 0.29) is 41.7 Å². The number of rotatable bonds is 7. The van der Waals surface area contributed by atoms with Crippen LogP contribution in [-0.2, 0) is 14.8 Å². The first-order valence-corrected chi connectivity index (χ1v) is 10.8. The Hall–Kier alpha value is -1.22. The number of nitrogens with two attached hydrogens (primary N) is 1. The van der Waals surface area contributed by atoms with Gasteiger partial charge in [-0.05, 0) is 49.4 Å². The SMILES string of the molecule is CC(C)C(N)CCN(C)C(=O)C1CCCN(S(=O)(=O)c2ccc(F)cc2)C1.Cl. The maximum absolute atomic E-state index is 13.1. The van der Waals surface area contributed by atoms with Crippen molar-refractivity contribution in [3.8, 4) is 0 Å². The number of sulfonamides is 1. The summed E-state index contributed by atoms with van der Waals surface area (Å²) in [6.45, 7) is 5.17. The molecule has 0 bridgehead atoms. The summed E-state index contributed by atoms with van der Waals surface area (Å²) in [5.41, 5.74) is 6.05. The van der Waals surface area contributed by atoms with E-state index in [1.807, 2.05) is 13.8 Å². The molecule has 1 saturated heterocycles. The Labute approximate surface area is 173 Å². The zero-order chi connectivity index (χ0) is 20.2. The topological polar surface area (TPSA) is 83.7 Å². The number of carbonyl (C=O) groups is 1. The second-order valence-electron chi connectivity index (χ2n) is 7.61. The van der Waals surface area contributed by atoms with E-state index in [0.29, 0.717) is 38.3 Å². The van der Waals surface area contributed by atoms with Crippen LogP contribution >= 0.6 is 12.4 Å². The molecule has 1 aromatic carbocycles. The molecule has 6 nitrogen and oxygen atoms in total. The van der Waals surface area contributed by atoms with Crippen molar-refractivity contribution in [2.75, 3.05) is 26.7 Å². The van der Waals surface area contributed by atoms with E-state index in [0.717, 1.165) is 12.1 Å². The molecule has 2 unspecified atom stereocenters. The van der Waals surface area contributed by atoms with Gasteiger partial charge in [0.25, 0.3) is 0 Å². The molecular weight excluding hydrogens is 405 g/mol. The predicted molar refractivity (Wildman–Crippen MR) is 110 cm³/mol. The summed E-state index contributed by atoms with van der Waals surface area (Å²) in [4.78, 5) is 14.5. The monoisotopic (exact) mass is 435 g/mol. The average molecular weight is 436 g/mol. The van der Waals surface area contributed by atoms with Crippen LogP contribution in [0.2, 0.25) is 0 Å². The lowest BCUT2D eigenvalue weighted by molar-refractivity contribution is -0.135. The standard InChI is InChI=1S/C19H30FN3O3S.ClH/c1-14(2)18(21)10-12-22(3)19(24)15-5-4-11-23(13-15)27(25,26)17-8-6-16(20)7-9-17;/h6-9,14-15,18H,4-5,10-13,21H2,1-3H3;1H. The second kappa shape index (κ2) is 10.5. The molecule has 2 N–H and O–H groups in total. The molecule has 1 amide bonds. The first-order chi connectivity index (χ1) is 12.6. The Balaban J connectivity index is 0.00000392. The first-order valence-electron chi connectivity index (χ1n) is 9.39. The lowest BCUT2D eigenvalue weighted by atomic mass is 9.97. The Morgan fingerprint density at radius 3 is 2.50 bits per heavy atom. The quantitative estimate of drug-likeness (QED) is 0.713. The number of amides is 1. The lowest BCUT2D eigenvalue weighted by Gasteiger charge is -2.33. The summed E-state index contributed by atoms with van der Waals surface area (Å²) in [6.07, 6.45) is 2.00. The van der Waals surface area contributed by atoms with E-state index in [2.05, 4.69) is 0 Å². The van der Waals surface area contributed by atoms with Crippen molar-refractivity contribution in [1.29, 1.82) is 0 Å². The number of halogens is 2. The van der Waals surface area contributed by atoms with Crippen molar-refractivity contribution in [2.45, 2.75) is 44.0 Å². The van der Waals surface area contributed by atoms with Crippen molar-refractivity contribution >= 4 is 28.3 Å².